The summed E-state index contributed by atoms with van der Waals surface area (Å²) in [6, 6.07) is 7.68. The molecule has 1 saturated carbocycles. The number of nitrogens with zero attached hydrogens (tertiary/aromatic N) is 1. The number of guanidine groups is 1. The third-order valence-corrected chi connectivity index (χ3v) is 3.74. The minimum atomic E-state index is 0.166. The molecule has 0 unspecified atom stereocenters. The van der Waals surface area contributed by atoms with Gasteiger partial charge in [-0.05, 0) is 31.4 Å². The van der Waals surface area contributed by atoms with Gasteiger partial charge in [0.2, 0.25) is 5.91 Å². The Morgan fingerprint density at radius 1 is 1.23 bits per heavy atom. The average molecular weight is 323 g/mol. The van der Waals surface area contributed by atoms with Crippen molar-refractivity contribution in [3.63, 3.8) is 0 Å². The lowest BCUT2D eigenvalue weighted by Gasteiger charge is -2.12. The van der Waals surface area contributed by atoms with Crippen LogP contribution >= 0.6 is 11.6 Å². The maximum atomic E-state index is 11.5. The molecule has 3 N–H and O–H groups in total. The van der Waals surface area contributed by atoms with Gasteiger partial charge in [-0.25, -0.2) is 4.99 Å². The molecule has 120 valence electrons. The van der Waals surface area contributed by atoms with Gasteiger partial charge in [0, 0.05) is 30.6 Å². The van der Waals surface area contributed by atoms with Crippen molar-refractivity contribution in [1.29, 1.82) is 0 Å². The third-order valence-electron chi connectivity index (χ3n) is 3.37. The molecule has 6 heteroatoms. The number of rotatable bonds is 7. The number of nitrogens with one attached hydrogen (secondary N) is 3. The molecular formula is C16H23ClN4O. The quantitative estimate of drug-likeness (QED) is 0.408. The number of hydrogen-bond donors (Lipinski definition) is 3. The fourth-order valence-corrected chi connectivity index (χ4v) is 2.18. The SMILES string of the molecule is CCNC(=NCc1ccccc1Cl)NCCNC(=O)C1CC1. The number of halogens is 1. The number of amides is 1. The monoisotopic (exact) mass is 322 g/mol. The van der Waals surface area contributed by atoms with Crippen molar-refractivity contribution in [3.05, 3.63) is 34.9 Å². The Kier molecular flexibility index (Phi) is 6.52. The van der Waals surface area contributed by atoms with E-state index in [2.05, 4.69) is 20.9 Å². The maximum absolute atomic E-state index is 11.5. The minimum absolute atomic E-state index is 0.166. The highest BCUT2D eigenvalue weighted by atomic mass is 35.5. The van der Waals surface area contributed by atoms with Crippen molar-refractivity contribution in [2.75, 3.05) is 19.6 Å². The van der Waals surface area contributed by atoms with E-state index in [9.17, 15) is 4.79 Å². The Hall–Kier alpha value is -1.75. The summed E-state index contributed by atoms with van der Waals surface area (Å²) in [7, 11) is 0. The van der Waals surface area contributed by atoms with Crippen LogP contribution in [0.25, 0.3) is 0 Å². The van der Waals surface area contributed by atoms with Crippen LogP contribution in [0, 0.1) is 5.92 Å². The van der Waals surface area contributed by atoms with Gasteiger partial charge in [0.1, 0.15) is 0 Å². The molecule has 1 aromatic carbocycles. The predicted molar refractivity (Wildman–Crippen MR) is 90.0 cm³/mol. The fraction of sp³-hybridized carbons (Fsp3) is 0.500. The van der Waals surface area contributed by atoms with E-state index < -0.39 is 0 Å². The maximum Gasteiger partial charge on any atom is 0.223 e. The zero-order chi connectivity index (χ0) is 15.8. The van der Waals surface area contributed by atoms with E-state index in [1.807, 2.05) is 31.2 Å². The summed E-state index contributed by atoms with van der Waals surface area (Å²) in [5.74, 6) is 1.14. The fourth-order valence-electron chi connectivity index (χ4n) is 1.99. The molecule has 1 aliphatic carbocycles. The van der Waals surface area contributed by atoms with Gasteiger partial charge in [0.05, 0.1) is 6.54 Å². The molecule has 0 saturated heterocycles. The predicted octanol–water partition coefficient (Wildman–Crippen LogP) is 1.92. The number of aliphatic imine (C=N–C) groups is 1. The second kappa shape index (κ2) is 8.63. The summed E-state index contributed by atoms with van der Waals surface area (Å²) in [6.45, 7) is 4.56. The van der Waals surface area contributed by atoms with Crippen molar-refractivity contribution in [2.45, 2.75) is 26.3 Å². The second-order valence-corrected chi connectivity index (χ2v) is 5.69. The van der Waals surface area contributed by atoms with E-state index in [0.717, 1.165) is 35.9 Å². The van der Waals surface area contributed by atoms with Crippen LogP contribution in [0.3, 0.4) is 0 Å². The molecule has 2 rings (SSSR count). The van der Waals surface area contributed by atoms with Crippen molar-refractivity contribution in [2.24, 2.45) is 10.9 Å². The van der Waals surface area contributed by atoms with Gasteiger partial charge in [-0.3, -0.25) is 4.79 Å². The highest BCUT2D eigenvalue weighted by Gasteiger charge is 2.28. The largest absolute Gasteiger partial charge is 0.357 e. The first kappa shape index (κ1) is 16.6. The van der Waals surface area contributed by atoms with Crippen LogP contribution in [0.2, 0.25) is 5.02 Å². The molecule has 22 heavy (non-hydrogen) atoms. The Bertz CT molecular complexity index is 529. The molecule has 0 radical (unpaired) electrons. The molecule has 1 aromatic rings. The lowest BCUT2D eigenvalue weighted by atomic mass is 10.2. The zero-order valence-electron chi connectivity index (χ0n) is 12.9. The van der Waals surface area contributed by atoms with Crippen LogP contribution in [0.1, 0.15) is 25.3 Å². The summed E-state index contributed by atoms with van der Waals surface area (Å²) < 4.78 is 0. The highest BCUT2D eigenvalue weighted by Crippen LogP contribution is 2.28. The lowest BCUT2D eigenvalue weighted by Crippen LogP contribution is -2.41. The van der Waals surface area contributed by atoms with Crippen LogP contribution in [0.4, 0.5) is 0 Å². The van der Waals surface area contributed by atoms with Crippen LogP contribution in [0.5, 0.6) is 0 Å². The molecule has 0 spiro atoms. The van der Waals surface area contributed by atoms with Gasteiger partial charge in [0.15, 0.2) is 5.96 Å². The summed E-state index contributed by atoms with van der Waals surface area (Å²) in [4.78, 5) is 16.0. The number of benzene rings is 1. The van der Waals surface area contributed by atoms with Gasteiger partial charge < -0.3 is 16.0 Å². The summed E-state index contributed by atoms with van der Waals surface area (Å²) in [6.07, 6.45) is 2.06. The Morgan fingerprint density at radius 3 is 2.64 bits per heavy atom. The van der Waals surface area contributed by atoms with E-state index in [-0.39, 0.29) is 11.8 Å². The van der Waals surface area contributed by atoms with Crippen molar-refractivity contribution in [1.82, 2.24) is 16.0 Å². The molecule has 0 atom stereocenters. The Morgan fingerprint density at radius 2 is 1.95 bits per heavy atom. The molecule has 1 amide bonds. The van der Waals surface area contributed by atoms with Crippen molar-refractivity contribution in [3.8, 4) is 0 Å². The van der Waals surface area contributed by atoms with Crippen molar-refractivity contribution < 1.29 is 4.79 Å². The molecule has 0 aliphatic heterocycles. The standard InChI is InChI=1S/C16H23ClN4O/c1-2-18-16(20-10-9-19-15(22)12-7-8-12)21-11-13-5-3-4-6-14(13)17/h3-6,12H,2,7-11H2,1H3,(H,19,22)(H2,18,20,21). The highest BCUT2D eigenvalue weighted by molar-refractivity contribution is 6.31. The molecule has 0 bridgehead atoms. The van der Waals surface area contributed by atoms with Gasteiger partial charge in [0.25, 0.3) is 0 Å². The van der Waals surface area contributed by atoms with E-state index in [1.165, 1.54) is 0 Å². The molecule has 5 nitrogen and oxygen atoms in total. The van der Waals surface area contributed by atoms with Crippen molar-refractivity contribution >= 4 is 23.5 Å². The third kappa shape index (κ3) is 5.56. The lowest BCUT2D eigenvalue weighted by molar-refractivity contribution is -0.122. The molecule has 1 aliphatic rings. The van der Waals surface area contributed by atoms with E-state index in [4.69, 9.17) is 11.6 Å². The second-order valence-electron chi connectivity index (χ2n) is 5.28. The van der Waals surface area contributed by atoms with Crippen LogP contribution in [0.15, 0.2) is 29.3 Å². The first-order valence-electron chi connectivity index (χ1n) is 7.74. The van der Waals surface area contributed by atoms with E-state index in [1.54, 1.807) is 0 Å². The van der Waals surface area contributed by atoms with E-state index in [0.29, 0.717) is 19.6 Å². The topological polar surface area (TPSA) is 65.5 Å². The van der Waals surface area contributed by atoms with Gasteiger partial charge in [-0.2, -0.15) is 0 Å². The van der Waals surface area contributed by atoms with Gasteiger partial charge in [-0.1, -0.05) is 29.8 Å². The van der Waals surface area contributed by atoms with Gasteiger partial charge in [-0.15, -0.1) is 0 Å². The molecular weight excluding hydrogens is 300 g/mol. The molecule has 1 fully saturated rings. The van der Waals surface area contributed by atoms with Crippen LogP contribution in [-0.4, -0.2) is 31.5 Å². The smallest absolute Gasteiger partial charge is 0.223 e. The average Bonchev–Trinajstić information content (AvgIpc) is 3.35. The minimum Gasteiger partial charge on any atom is -0.357 e. The summed E-state index contributed by atoms with van der Waals surface area (Å²) in [5, 5.41) is 10.0. The number of carbonyl (C=O) groups is 1. The van der Waals surface area contributed by atoms with Crippen LogP contribution in [-0.2, 0) is 11.3 Å². The Labute approximate surface area is 136 Å². The normalized spacial score (nSPS) is 14.5. The van der Waals surface area contributed by atoms with E-state index >= 15 is 0 Å². The summed E-state index contributed by atoms with van der Waals surface area (Å²) in [5.41, 5.74) is 0.989. The molecule has 0 heterocycles. The van der Waals surface area contributed by atoms with Gasteiger partial charge >= 0.3 is 0 Å². The number of hydrogen-bond acceptors (Lipinski definition) is 2. The summed E-state index contributed by atoms with van der Waals surface area (Å²) >= 11 is 6.12. The zero-order valence-corrected chi connectivity index (χ0v) is 13.6. The Balaban J connectivity index is 1.76. The first-order chi connectivity index (χ1) is 10.7. The molecule has 0 aromatic heterocycles. The number of carbonyl (C=O) groups excluding carboxylic acids is 1. The van der Waals surface area contributed by atoms with Crippen LogP contribution < -0.4 is 16.0 Å². The first-order valence-corrected chi connectivity index (χ1v) is 8.11.